The fourth-order valence-corrected chi connectivity index (χ4v) is 3.18. The lowest BCUT2D eigenvalue weighted by Gasteiger charge is -2.34. The van der Waals surface area contributed by atoms with Crippen molar-refractivity contribution in [2.24, 2.45) is 0 Å². The zero-order chi connectivity index (χ0) is 14.5. The Morgan fingerprint density at radius 3 is 2.67 bits per heavy atom. The molecule has 0 amide bonds. The molecule has 1 fully saturated rings. The summed E-state index contributed by atoms with van der Waals surface area (Å²) in [6, 6.07) is 19.4. The second kappa shape index (κ2) is 7.08. The Morgan fingerprint density at radius 1 is 1.05 bits per heavy atom. The fraction of sp³-hybridized carbons (Fsp3) is 0.333. The molecule has 1 aliphatic rings. The first-order chi connectivity index (χ1) is 10.3. The molecule has 3 rings (SSSR count). The van der Waals surface area contributed by atoms with Gasteiger partial charge in [-0.1, -0.05) is 54.1 Å². The molecule has 0 aromatic heterocycles. The van der Waals surface area contributed by atoms with Crippen molar-refractivity contribution in [1.29, 1.82) is 0 Å². The number of hydrogen-bond acceptors (Lipinski definition) is 2. The van der Waals surface area contributed by atoms with E-state index in [9.17, 15) is 0 Å². The van der Waals surface area contributed by atoms with Gasteiger partial charge in [0, 0.05) is 37.2 Å². The van der Waals surface area contributed by atoms with Crippen LogP contribution in [0.1, 0.15) is 11.1 Å². The van der Waals surface area contributed by atoms with Crippen LogP contribution in [-0.4, -0.2) is 30.6 Å². The van der Waals surface area contributed by atoms with Crippen molar-refractivity contribution >= 4 is 11.6 Å². The summed E-state index contributed by atoms with van der Waals surface area (Å²) in [6.07, 6.45) is 1.03. The van der Waals surface area contributed by atoms with Gasteiger partial charge in [0.2, 0.25) is 0 Å². The summed E-state index contributed by atoms with van der Waals surface area (Å²) < 4.78 is 0. The molecule has 0 unspecified atom stereocenters. The van der Waals surface area contributed by atoms with Crippen molar-refractivity contribution in [2.45, 2.75) is 19.0 Å². The highest BCUT2D eigenvalue weighted by atomic mass is 35.5. The van der Waals surface area contributed by atoms with Crippen molar-refractivity contribution in [3.05, 3.63) is 70.7 Å². The maximum atomic E-state index is 6.07. The lowest BCUT2D eigenvalue weighted by molar-refractivity contribution is 0.192. The third kappa shape index (κ3) is 4.31. The molecule has 1 aliphatic heterocycles. The SMILES string of the molecule is Clc1cccc(C[C@@H]2CN(Cc3ccccc3)CCN2)c1. The highest BCUT2D eigenvalue weighted by Crippen LogP contribution is 2.14. The van der Waals surface area contributed by atoms with Gasteiger partial charge in [-0.25, -0.2) is 0 Å². The van der Waals surface area contributed by atoms with Crippen molar-refractivity contribution in [3.63, 3.8) is 0 Å². The molecule has 1 atom stereocenters. The van der Waals surface area contributed by atoms with Gasteiger partial charge in [0.1, 0.15) is 0 Å². The maximum Gasteiger partial charge on any atom is 0.0408 e. The summed E-state index contributed by atoms with van der Waals surface area (Å²) in [5, 5.41) is 4.44. The Labute approximate surface area is 131 Å². The van der Waals surface area contributed by atoms with E-state index in [4.69, 9.17) is 11.6 Å². The number of nitrogens with one attached hydrogen (secondary N) is 1. The highest BCUT2D eigenvalue weighted by Gasteiger charge is 2.19. The molecule has 1 heterocycles. The molecule has 0 spiro atoms. The lowest BCUT2D eigenvalue weighted by atomic mass is 10.0. The number of benzene rings is 2. The van der Waals surface area contributed by atoms with Crippen molar-refractivity contribution < 1.29 is 0 Å². The normalized spacial score (nSPS) is 19.6. The molecule has 110 valence electrons. The van der Waals surface area contributed by atoms with Gasteiger partial charge in [-0.05, 0) is 29.7 Å². The Kier molecular flexibility index (Phi) is 4.91. The molecule has 0 saturated carbocycles. The van der Waals surface area contributed by atoms with Gasteiger partial charge >= 0.3 is 0 Å². The van der Waals surface area contributed by atoms with Gasteiger partial charge in [-0.15, -0.1) is 0 Å². The van der Waals surface area contributed by atoms with E-state index in [0.29, 0.717) is 6.04 Å². The third-order valence-electron chi connectivity index (χ3n) is 3.96. The molecular weight excluding hydrogens is 280 g/mol. The van der Waals surface area contributed by atoms with Gasteiger partial charge in [0.05, 0.1) is 0 Å². The van der Waals surface area contributed by atoms with Crippen LogP contribution >= 0.6 is 11.6 Å². The average molecular weight is 301 g/mol. The van der Waals surface area contributed by atoms with Crippen molar-refractivity contribution in [1.82, 2.24) is 10.2 Å². The summed E-state index contributed by atoms with van der Waals surface area (Å²) in [5.74, 6) is 0. The van der Waals surface area contributed by atoms with Crippen molar-refractivity contribution in [2.75, 3.05) is 19.6 Å². The Balaban J connectivity index is 1.58. The average Bonchev–Trinajstić information content (AvgIpc) is 2.49. The molecule has 0 radical (unpaired) electrons. The zero-order valence-electron chi connectivity index (χ0n) is 12.1. The van der Waals surface area contributed by atoms with Crippen LogP contribution in [0, 0.1) is 0 Å². The van der Waals surface area contributed by atoms with Crippen LogP contribution < -0.4 is 5.32 Å². The zero-order valence-corrected chi connectivity index (χ0v) is 12.9. The van der Waals surface area contributed by atoms with E-state index in [1.54, 1.807) is 0 Å². The fourth-order valence-electron chi connectivity index (χ4n) is 2.96. The van der Waals surface area contributed by atoms with E-state index < -0.39 is 0 Å². The number of piperazine rings is 1. The van der Waals surface area contributed by atoms with E-state index in [-0.39, 0.29) is 0 Å². The first kappa shape index (κ1) is 14.6. The van der Waals surface area contributed by atoms with Crippen LogP contribution in [0.15, 0.2) is 54.6 Å². The smallest absolute Gasteiger partial charge is 0.0408 e. The topological polar surface area (TPSA) is 15.3 Å². The molecule has 3 heteroatoms. The van der Waals surface area contributed by atoms with Crippen LogP contribution in [-0.2, 0) is 13.0 Å². The minimum atomic E-state index is 0.501. The van der Waals surface area contributed by atoms with Crippen LogP contribution in [0.2, 0.25) is 5.02 Å². The summed E-state index contributed by atoms with van der Waals surface area (Å²) in [4.78, 5) is 2.53. The molecule has 1 N–H and O–H groups in total. The maximum absolute atomic E-state index is 6.07. The van der Waals surface area contributed by atoms with Crippen LogP contribution in [0.4, 0.5) is 0 Å². The number of halogens is 1. The minimum Gasteiger partial charge on any atom is -0.311 e. The van der Waals surface area contributed by atoms with Gasteiger partial charge < -0.3 is 5.32 Å². The van der Waals surface area contributed by atoms with E-state index in [2.05, 4.69) is 52.7 Å². The standard InChI is InChI=1S/C18H21ClN2/c19-17-8-4-7-16(11-17)12-18-14-21(10-9-20-18)13-15-5-2-1-3-6-15/h1-8,11,18,20H,9-10,12-14H2/t18-/m1/s1. The largest absolute Gasteiger partial charge is 0.311 e. The predicted octanol–water partition coefficient (Wildman–Crippen LogP) is 3.36. The molecule has 2 nitrogen and oxygen atoms in total. The number of hydrogen-bond donors (Lipinski definition) is 1. The molecular formula is C18H21ClN2. The summed E-state index contributed by atoms with van der Waals surface area (Å²) in [6.45, 7) is 4.29. The Morgan fingerprint density at radius 2 is 1.86 bits per heavy atom. The second-order valence-corrected chi connectivity index (χ2v) is 6.14. The van der Waals surface area contributed by atoms with E-state index in [0.717, 1.165) is 37.6 Å². The first-order valence-electron chi connectivity index (χ1n) is 7.54. The highest BCUT2D eigenvalue weighted by molar-refractivity contribution is 6.30. The van der Waals surface area contributed by atoms with Crippen LogP contribution in [0.25, 0.3) is 0 Å². The van der Waals surface area contributed by atoms with Crippen molar-refractivity contribution in [3.8, 4) is 0 Å². The Bertz CT molecular complexity index is 570. The molecule has 0 bridgehead atoms. The van der Waals surface area contributed by atoms with Gasteiger partial charge in [0.15, 0.2) is 0 Å². The predicted molar refractivity (Wildman–Crippen MR) is 88.7 cm³/mol. The first-order valence-corrected chi connectivity index (χ1v) is 7.91. The van der Waals surface area contributed by atoms with Gasteiger partial charge in [0.25, 0.3) is 0 Å². The van der Waals surface area contributed by atoms with E-state index >= 15 is 0 Å². The molecule has 2 aromatic carbocycles. The molecule has 0 aliphatic carbocycles. The van der Waals surface area contributed by atoms with E-state index in [1.807, 2.05) is 12.1 Å². The van der Waals surface area contributed by atoms with Crippen LogP contribution in [0.5, 0.6) is 0 Å². The third-order valence-corrected chi connectivity index (χ3v) is 4.19. The summed E-state index contributed by atoms with van der Waals surface area (Å²) >= 11 is 6.07. The lowest BCUT2D eigenvalue weighted by Crippen LogP contribution is -2.51. The van der Waals surface area contributed by atoms with E-state index in [1.165, 1.54) is 11.1 Å². The van der Waals surface area contributed by atoms with Gasteiger partial charge in [-0.2, -0.15) is 0 Å². The second-order valence-electron chi connectivity index (χ2n) is 5.71. The number of nitrogens with zero attached hydrogens (tertiary/aromatic N) is 1. The summed E-state index contributed by atoms with van der Waals surface area (Å²) in [5.41, 5.74) is 2.70. The Hall–Kier alpha value is -1.35. The molecule has 21 heavy (non-hydrogen) atoms. The minimum absolute atomic E-state index is 0.501. The van der Waals surface area contributed by atoms with Gasteiger partial charge in [-0.3, -0.25) is 4.90 Å². The quantitative estimate of drug-likeness (QED) is 0.931. The monoisotopic (exact) mass is 300 g/mol. The van der Waals surface area contributed by atoms with Crippen LogP contribution in [0.3, 0.4) is 0 Å². The molecule has 1 saturated heterocycles. The summed E-state index contributed by atoms with van der Waals surface area (Å²) in [7, 11) is 0. The molecule has 2 aromatic rings. The number of rotatable bonds is 4.